The van der Waals surface area contributed by atoms with Gasteiger partial charge in [-0.25, -0.2) is 0 Å². The van der Waals surface area contributed by atoms with Crippen LogP contribution in [-0.4, -0.2) is 20.3 Å². The summed E-state index contributed by atoms with van der Waals surface area (Å²) in [6.07, 6.45) is 5.40. The fourth-order valence-corrected chi connectivity index (χ4v) is 2.56. The number of benzene rings is 1. The van der Waals surface area contributed by atoms with Crippen molar-refractivity contribution in [2.75, 3.05) is 20.3 Å². The van der Waals surface area contributed by atoms with Gasteiger partial charge in [-0.3, -0.25) is 0 Å². The van der Waals surface area contributed by atoms with Gasteiger partial charge in [-0.05, 0) is 43.5 Å². The molecule has 1 unspecified atom stereocenters. The lowest BCUT2D eigenvalue weighted by molar-refractivity contribution is 0.171. The minimum absolute atomic E-state index is 0.432. The Bertz CT molecular complexity index is 415. The van der Waals surface area contributed by atoms with Gasteiger partial charge in [0.2, 0.25) is 0 Å². The second kappa shape index (κ2) is 5.19. The van der Waals surface area contributed by atoms with Crippen molar-refractivity contribution in [3.63, 3.8) is 0 Å². The van der Waals surface area contributed by atoms with Crippen molar-refractivity contribution in [2.24, 2.45) is 5.92 Å². The number of fused-ring (bicyclic) bond motifs is 1. The predicted octanol–water partition coefficient (Wildman–Crippen LogP) is 2.91. The Morgan fingerprint density at radius 1 is 1.22 bits per heavy atom. The Morgan fingerprint density at radius 3 is 2.72 bits per heavy atom. The normalized spacial score (nSPS) is 19.6. The Hall–Kier alpha value is -1.22. The summed E-state index contributed by atoms with van der Waals surface area (Å²) in [4.78, 5) is 0. The fraction of sp³-hybridized carbons (Fsp3) is 0.600. The average Bonchev–Trinajstić information content (AvgIpc) is 3.23. The molecule has 1 saturated carbocycles. The van der Waals surface area contributed by atoms with Gasteiger partial charge in [-0.2, -0.15) is 0 Å². The molecule has 3 nitrogen and oxygen atoms in total. The van der Waals surface area contributed by atoms with E-state index >= 15 is 0 Å². The zero-order valence-electron chi connectivity index (χ0n) is 10.9. The van der Waals surface area contributed by atoms with Crippen molar-refractivity contribution < 1.29 is 9.47 Å². The number of rotatable bonds is 5. The molecule has 1 atom stereocenters. The third-order valence-electron chi connectivity index (χ3n) is 3.88. The summed E-state index contributed by atoms with van der Waals surface area (Å²) in [5, 5.41) is 3.41. The molecule has 1 aliphatic carbocycles. The van der Waals surface area contributed by atoms with E-state index in [1.807, 2.05) is 13.1 Å². The highest BCUT2D eigenvalue weighted by Gasteiger charge is 2.23. The number of hydrogen-bond acceptors (Lipinski definition) is 3. The maximum absolute atomic E-state index is 5.64. The lowest BCUT2D eigenvalue weighted by Crippen LogP contribution is -2.19. The number of nitrogens with one attached hydrogen (secondary N) is 1. The average molecular weight is 247 g/mol. The second-order valence-electron chi connectivity index (χ2n) is 5.27. The molecule has 0 saturated heterocycles. The second-order valence-corrected chi connectivity index (χ2v) is 5.27. The van der Waals surface area contributed by atoms with Crippen LogP contribution in [0.4, 0.5) is 0 Å². The smallest absolute Gasteiger partial charge is 0.161 e. The van der Waals surface area contributed by atoms with Crippen LogP contribution in [0.1, 0.15) is 37.3 Å². The van der Waals surface area contributed by atoms with Crippen molar-refractivity contribution >= 4 is 0 Å². The van der Waals surface area contributed by atoms with Crippen LogP contribution in [0.25, 0.3) is 0 Å². The minimum Gasteiger partial charge on any atom is -0.486 e. The van der Waals surface area contributed by atoms with E-state index in [1.165, 1.54) is 31.2 Å². The Kier molecular flexibility index (Phi) is 3.41. The number of hydrogen-bond donors (Lipinski definition) is 1. The van der Waals surface area contributed by atoms with Crippen LogP contribution in [0.5, 0.6) is 11.5 Å². The Morgan fingerprint density at radius 2 is 2.00 bits per heavy atom. The zero-order chi connectivity index (χ0) is 12.4. The van der Waals surface area contributed by atoms with Crippen molar-refractivity contribution in [2.45, 2.75) is 31.7 Å². The molecule has 1 aliphatic heterocycles. The molecule has 2 aliphatic rings. The van der Waals surface area contributed by atoms with Crippen molar-refractivity contribution in [1.29, 1.82) is 0 Å². The highest BCUT2D eigenvalue weighted by molar-refractivity contribution is 5.44. The van der Waals surface area contributed by atoms with Gasteiger partial charge in [0.1, 0.15) is 13.2 Å². The molecule has 1 fully saturated rings. The molecule has 1 N–H and O–H groups in total. The lowest BCUT2D eigenvalue weighted by Gasteiger charge is -2.22. The van der Waals surface area contributed by atoms with Crippen LogP contribution < -0.4 is 14.8 Å². The topological polar surface area (TPSA) is 30.5 Å². The summed E-state index contributed by atoms with van der Waals surface area (Å²) < 4.78 is 11.2. The van der Waals surface area contributed by atoms with E-state index < -0.39 is 0 Å². The molecule has 0 amide bonds. The molecule has 1 heterocycles. The first kappa shape index (κ1) is 11.8. The third-order valence-corrected chi connectivity index (χ3v) is 3.88. The van der Waals surface area contributed by atoms with Crippen LogP contribution >= 0.6 is 0 Å². The van der Waals surface area contributed by atoms with E-state index in [0.717, 1.165) is 17.4 Å². The Balaban J connectivity index is 1.71. The van der Waals surface area contributed by atoms with Gasteiger partial charge in [-0.15, -0.1) is 0 Å². The maximum atomic E-state index is 5.64. The quantitative estimate of drug-likeness (QED) is 0.868. The van der Waals surface area contributed by atoms with E-state index in [4.69, 9.17) is 9.47 Å². The molecule has 3 heteroatoms. The number of ether oxygens (including phenoxy) is 2. The van der Waals surface area contributed by atoms with Crippen LogP contribution in [0.2, 0.25) is 0 Å². The van der Waals surface area contributed by atoms with Crippen molar-refractivity contribution in [3.05, 3.63) is 23.8 Å². The van der Waals surface area contributed by atoms with Gasteiger partial charge in [0.25, 0.3) is 0 Å². The van der Waals surface area contributed by atoms with Crippen LogP contribution in [0.3, 0.4) is 0 Å². The van der Waals surface area contributed by atoms with Gasteiger partial charge >= 0.3 is 0 Å². The minimum atomic E-state index is 0.432. The van der Waals surface area contributed by atoms with Crippen molar-refractivity contribution in [1.82, 2.24) is 5.32 Å². The van der Waals surface area contributed by atoms with Crippen LogP contribution in [-0.2, 0) is 0 Å². The van der Waals surface area contributed by atoms with Gasteiger partial charge < -0.3 is 14.8 Å². The Labute approximate surface area is 108 Å². The van der Waals surface area contributed by atoms with E-state index in [9.17, 15) is 0 Å². The van der Waals surface area contributed by atoms with E-state index in [-0.39, 0.29) is 0 Å². The molecule has 0 bridgehead atoms. The van der Waals surface area contributed by atoms with Gasteiger partial charge in [0.05, 0.1) is 0 Å². The maximum Gasteiger partial charge on any atom is 0.161 e. The molecule has 0 radical (unpaired) electrons. The molecular formula is C15H21NO2. The summed E-state index contributed by atoms with van der Waals surface area (Å²) in [5.74, 6) is 2.76. The SMILES string of the molecule is CNC(CCC1CC1)c1ccc2c(c1)OCCO2. The first-order valence-corrected chi connectivity index (χ1v) is 6.93. The highest BCUT2D eigenvalue weighted by atomic mass is 16.6. The molecule has 98 valence electrons. The van der Waals surface area contributed by atoms with Crippen LogP contribution in [0.15, 0.2) is 18.2 Å². The summed E-state index contributed by atoms with van der Waals surface area (Å²) in [7, 11) is 2.04. The summed E-state index contributed by atoms with van der Waals surface area (Å²) in [6.45, 7) is 1.31. The monoisotopic (exact) mass is 247 g/mol. The summed E-state index contributed by atoms with van der Waals surface area (Å²) in [6, 6.07) is 6.75. The fourth-order valence-electron chi connectivity index (χ4n) is 2.56. The van der Waals surface area contributed by atoms with Crippen molar-refractivity contribution in [3.8, 4) is 11.5 Å². The molecule has 0 aromatic heterocycles. The molecular weight excluding hydrogens is 226 g/mol. The van der Waals surface area contributed by atoms with Gasteiger partial charge in [0.15, 0.2) is 11.5 Å². The zero-order valence-corrected chi connectivity index (χ0v) is 10.9. The van der Waals surface area contributed by atoms with E-state index in [2.05, 4.69) is 17.4 Å². The third kappa shape index (κ3) is 2.61. The van der Waals surface area contributed by atoms with E-state index in [0.29, 0.717) is 19.3 Å². The first-order valence-electron chi connectivity index (χ1n) is 6.93. The molecule has 1 aromatic rings. The first-order chi connectivity index (χ1) is 8.86. The highest BCUT2D eigenvalue weighted by Crippen LogP contribution is 2.37. The molecule has 3 rings (SSSR count). The van der Waals surface area contributed by atoms with Gasteiger partial charge in [0, 0.05) is 6.04 Å². The molecule has 1 aromatic carbocycles. The summed E-state index contributed by atoms with van der Waals surface area (Å²) >= 11 is 0. The largest absolute Gasteiger partial charge is 0.486 e. The lowest BCUT2D eigenvalue weighted by atomic mass is 10.00. The van der Waals surface area contributed by atoms with Crippen LogP contribution in [0, 0.1) is 5.92 Å². The molecule has 0 spiro atoms. The molecule has 18 heavy (non-hydrogen) atoms. The van der Waals surface area contributed by atoms with Gasteiger partial charge in [-0.1, -0.05) is 18.9 Å². The van der Waals surface area contributed by atoms with E-state index in [1.54, 1.807) is 0 Å². The standard InChI is InChI=1S/C15H21NO2/c1-16-13(6-4-11-2-3-11)12-5-7-14-15(10-12)18-9-8-17-14/h5,7,10-11,13,16H,2-4,6,8-9H2,1H3. The summed E-state index contributed by atoms with van der Waals surface area (Å²) in [5.41, 5.74) is 1.31. The predicted molar refractivity (Wildman–Crippen MR) is 71.2 cm³/mol.